The van der Waals surface area contributed by atoms with Crippen molar-refractivity contribution in [3.8, 4) is 0 Å². The van der Waals surface area contributed by atoms with Crippen molar-refractivity contribution in [3.63, 3.8) is 0 Å². The number of hydrogen-bond acceptors (Lipinski definition) is 0. The standard InChI is InChI=1S/C16H15.C3H6.Zr/c1-11-6-5-9-14-10-15(12(2)16(11)14)13-7-3-4-8-13;1-3-2;/h3-7,9-10H,8H2,1-2H3;1-2H3;. The van der Waals surface area contributed by atoms with Gasteiger partial charge in [-0.15, -0.1) is 0 Å². The van der Waals surface area contributed by atoms with Gasteiger partial charge >= 0.3 is 134 Å². The SMILES string of the molecule is C[C](C)=[Zr][CH]1C(C2=CC=CC2)=C(C)c2c(C)cccc21. The first-order chi connectivity index (χ1) is 9.59. The second kappa shape index (κ2) is 5.53. The Morgan fingerprint density at radius 2 is 2.00 bits per heavy atom. The molecule has 1 atom stereocenters. The summed E-state index contributed by atoms with van der Waals surface area (Å²) in [6, 6.07) is 6.87. The van der Waals surface area contributed by atoms with Gasteiger partial charge in [-0.2, -0.15) is 0 Å². The molecule has 0 fully saturated rings. The minimum absolute atomic E-state index is 0.537. The Kier molecular flexibility index (Phi) is 3.91. The quantitative estimate of drug-likeness (QED) is 0.710. The van der Waals surface area contributed by atoms with Gasteiger partial charge in [0.25, 0.3) is 0 Å². The van der Waals surface area contributed by atoms with E-state index in [1.165, 1.54) is 5.56 Å². The number of fused-ring (bicyclic) bond motifs is 1. The van der Waals surface area contributed by atoms with E-state index in [9.17, 15) is 0 Å². The van der Waals surface area contributed by atoms with Crippen LogP contribution in [-0.2, 0) is 22.8 Å². The molecule has 0 nitrogen and oxygen atoms in total. The molecule has 2 aliphatic rings. The average Bonchev–Trinajstić information content (AvgIpc) is 2.98. The molecule has 3 rings (SSSR count). The molecular formula is C19H21Zr. The predicted octanol–water partition coefficient (Wildman–Crippen LogP) is 5.00. The van der Waals surface area contributed by atoms with Gasteiger partial charge in [-0.05, 0) is 0 Å². The summed E-state index contributed by atoms with van der Waals surface area (Å²) in [5, 5.41) is 0. The molecular weight excluding hydrogens is 319 g/mol. The van der Waals surface area contributed by atoms with Crippen LogP contribution in [0, 0.1) is 6.92 Å². The normalized spacial score (nSPS) is 20.0. The first-order valence-corrected chi connectivity index (χ1v) is 9.98. The van der Waals surface area contributed by atoms with Gasteiger partial charge in [-0.25, -0.2) is 0 Å². The van der Waals surface area contributed by atoms with E-state index in [0.29, 0.717) is 0 Å². The van der Waals surface area contributed by atoms with E-state index in [2.05, 4.69) is 64.1 Å². The van der Waals surface area contributed by atoms with E-state index in [1.807, 2.05) is 0 Å². The molecule has 1 aromatic carbocycles. The van der Waals surface area contributed by atoms with Gasteiger partial charge in [0.1, 0.15) is 0 Å². The molecule has 1 aromatic rings. The van der Waals surface area contributed by atoms with E-state index in [0.717, 1.165) is 10.0 Å². The summed E-state index contributed by atoms with van der Waals surface area (Å²) in [7, 11) is 0. The summed E-state index contributed by atoms with van der Waals surface area (Å²) >= 11 is -0.537. The van der Waals surface area contributed by atoms with Crippen molar-refractivity contribution < 1.29 is 22.8 Å². The molecule has 1 heteroatoms. The Hall–Kier alpha value is -0.807. The summed E-state index contributed by atoms with van der Waals surface area (Å²) in [6.07, 6.45) is 7.96. The van der Waals surface area contributed by atoms with Crippen molar-refractivity contribution >= 4 is 8.78 Å². The third-order valence-corrected chi connectivity index (χ3v) is 7.84. The third-order valence-electron chi connectivity index (χ3n) is 4.23. The van der Waals surface area contributed by atoms with Crippen LogP contribution in [0.4, 0.5) is 0 Å². The van der Waals surface area contributed by atoms with Crippen molar-refractivity contribution in [2.45, 2.75) is 37.7 Å². The van der Waals surface area contributed by atoms with Crippen molar-refractivity contribution in [1.29, 1.82) is 0 Å². The van der Waals surface area contributed by atoms with Crippen LogP contribution in [0.1, 0.15) is 47.5 Å². The van der Waals surface area contributed by atoms with Gasteiger partial charge in [-0.1, -0.05) is 0 Å². The zero-order chi connectivity index (χ0) is 14.3. The Morgan fingerprint density at radius 1 is 1.20 bits per heavy atom. The number of allylic oxidation sites excluding steroid dienone is 6. The maximum atomic E-state index is 2.37. The van der Waals surface area contributed by atoms with E-state index in [-0.39, 0.29) is 0 Å². The second-order valence-corrected chi connectivity index (χ2v) is 10.6. The molecule has 0 radical (unpaired) electrons. The Balaban J connectivity index is 2.21. The van der Waals surface area contributed by atoms with Crippen LogP contribution in [-0.4, -0.2) is 3.21 Å². The third kappa shape index (κ3) is 2.31. The van der Waals surface area contributed by atoms with Crippen LogP contribution >= 0.6 is 0 Å². The molecule has 20 heavy (non-hydrogen) atoms. The van der Waals surface area contributed by atoms with Gasteiger partial charge in [0.15, 0.2) is 0 Å². The van der Waals surface area contributed by atoms with Crippen LogP contribution in [0.25, 0.3) is 5.57 Å². The fraction of sp³-hybridized carbons (Fsp3) is 0.316. The molecule has 0 bridgehead atoms. The predicted molar refractivity (Wildman–Crippen MR) is 84.7 cm³/mol. The number of benzene rings is 1. The molecule has 0 aliphatic heterocycles. The Bertz CT molecular complexity index is 680. The molecule has 0 aromatic heterocycles. The summed E-state index contributed by atoms with van der Waals surface area (Å²) in [6.45, 7) is 9.25. The summed E-state index contributed by atoms with van der Waals surface area (Å²) < 4.78 is 2.41. The van der Waals surface area contributed by atoms with Gasteiger partial charge in [0, 0.05) is 0 Å². The van der Waals surface area contributed by atoms with Gasteiger partial charge < -0.3 is 0 Å². The molecule has 101 valence electrons. The fourth-order valence-corrected chi connectivity index (χ4v) is 7.20. The molecule has 0 amide bonds. The Labute approximate surface area is 133 Å². The molecule has 0 spiro atoms. The van der Waals surface area contributed by atoms with Gasteiger partial charge in [0.05, 0.1) is 0 Å². The van der Waals surface area contributed by atoms with Gasteiger partial charge in [-0.3, -0.25) is 0 Å². The zero-order valence-corrected chi connectivity index (χ0v) is 15.2. The molecule has 2 aliphatic carbocycles. The van der Waals surface area contributed by atoms with E-state index >= 15 is 0 Å². The van der Waals surface area contributed by atoms with Crippen LogP contribution in [0.3, 0.4) is 0 Å². The number of hydrogen-bond donors (Lipinski definition) is 0. The fourth-order valence-electron chi connectivity index (χ4n) is 3.46. The average molecular weight is 341 g/mol. The van der Waals surface area contributed by atoms with Crippen molar-refractivity contribution in [2.75, 3.05) is 0 Å². The monoisotopic (exact) mass is 339 g/mol. The van der Waals surface area contributed by atoms with Gasteiger partial charge in [0.2, 0.25) is 0 Å². The second-order valence-electron chi connectivity index (χ2n) is 5.98. The van der Waals surface area contributed by atoms with Crippen LogP contribution < -0.4 is 0 Å². The van der Waals surface area contributed by atoms with E-state index < -0.39 is 22.8 Å². The van der Waals surface area contributed by atoms with E-state index in [4.69, 9.17) is 0 Å². The molecule has 0 N–H and O–H groups in total. The first-order valence-electron chi connectivity index (χ1n) is 7.33. The molecule has 0 saturated heterocycles. The molecule has 0 saturated carbocycles. The van der Waals surface area contributed by atoms with Crippen LogP contribution in [0.15, 0.2) is 47.6 Å². The number of rotatable bonds is 2. The Morgan fingerprint density at radius 3 is 2.65 bits per heavy atom. The van der Waals surface area contributed by atoms with E-state index in [1.54, 1.807) is 31.1 Å². The van der Waals surface area contributed by atoms with Crippen molar-refractivity contribution in [3.05, 3.63) is 64.3 Å². The van der Waals surface area contributed by atoms with Crippen molar-refractivity contribution in [2.24, 2.45) is 0 Å². The minimum atomic E-state index is -0.537. The summed E-state index contributed by atoms with van der Waals surface area (Å²) in [5.41, 5.74) is 9.36. The van der Waals surface area contributed by atoms with Crippen molar-refractivity contribution in [1.82, 2.24) is 0 Å². The number of aryl methyl sites for hydroxylation is 1. The maximum absolute atomic E-state index is 2.37. The topological polar surface area (TPSA) is 0 Å². The summed E-state index contributed by atoms with van der Waals surface area (Å²) in [4.78, 5) is 0. The molecule has 0 heterocycles. The van der Waals surface area contributed by atoms with Crippen LogP contribution in [0.5, 0.6) is 0 Å². The molecule has 1 unspecified atom stereocenters. The van der Waals surface area contributed by atoms with Crippen LogP contribution in [0.2, 0.25) is 0 Å². The first kappa shape index (κ1) is 14.1. The summed E-state index contributed by atoms with van der Waals surface area (Å²) in [5.74, 6) is 0. The zero-order valence-electron chi connectivity index (χ0n) is 12.7.